The Balaban J connectivity index is 2.63. The smallest absolute Gasteiger partial charge is 0.243 e. The number of ether oxygens (including phenoxy) is 2. The van der Waals surface area contributed by atoms with Gasteiger partial charge in [-0.1, -0.05) is 13.8 Å². The lowest BCUT2D eigenvalue weighted by Crippen LogP contribution is -2.53. The number of hydrogen-bond donors (Lipinski definition) is 2. The fraction of sp³-hybridized carbons (Fsp3) is 0.882. The summed E-state index contributed by atoms with van der Waals surface area (Å²) in [7, 11) is 5.13. The summed E-state index contributed by atoms with van der Waals surface area (Å²) in [5, 5.41) is 6.59. The van der Waals surface area contributed by atoms with Gasteiger partial charge in [-0.15, -0.1) is 0 Å². The number of nitrogens with one attached hydrogen (secondary N) is 2. The number of methoxy groups -OCH3 is 1. The minimum absolute atomic E-state index is 0.0265. The van der Waals surface area contributed by atoms with Crippen molar-refractivity contribution in [3.05, 3.63) is 0 Å². The molecule has 1 fully saturated rings. The van der Waals surface area contributed by atoms with Crippen LogP contribution >= 0.6 is 0 Å². The van der Waals surface area contributed by atoms with Gasteiger partial charge in [0.15, 0.2) is 5.96 Å². The van der Waals surface area contributed by atoms with Gasteiger partial charge in [0.1, 0.15) is 6.54 Å². The van der Waals surface area contributed by atoms with Gasteiger partial charge in [-0.05, 0) is 5.92 Å². The zero-order valence-corrected chi connectivity index (χ0v) is 16.4. The van der Waals surface area contributed by atoms with E-state index in [2.05, 4.69) is 34.4 Å². The van der Waals surface area contributed by atoms with E-state index >= 15 is 0 Å². The molecule has 8 nitrogen and oxygen atoms in total. The molecule has 1 rings (SSSR count). The van der Waals surface area contributed by atoms with E-state index in [1.54, 1.807) is 26.1 Å². The highest BCUT2D eigenvalue weighted by molar-refractivity contribution is 5.84. The number of carbonyl (C=O) groups is 1. The molecular weight excluding hydrogens is 322 g/mol. The maximum atomic E-state index is 11.8. The van der Waals surface area contributed by atoms with E-state index in [1.807, 2.05) is 0 Å². The van der Waals surface area contributed by atoms with Crippen LogP contribution in [0.15, 0.2) is 4.99 Å². The number of rotatable bonds is 9. The number of aliphatic imine (C=N–C) groups is 1. The second-order valence-electron chi connectivity index (χ2n) is 6.71. The fourth-order valence-corrected chi connectivity index (χ4v) is 2.63. The van der Waals surface area contributed by atoms with Crippen LogP contribution in [0, 0.1) is 5.92 Å². The average molecular weight is 357 g/mol. The SMILES string of the molecule is COCCNC(=NCC(=O)N(C)C)NCC(C(C)C)N1CCOCC1. The number of nitrogens with zero attached hydrogens (tertiary/aromatic N) is 3. The zero-order valence-electron chi connectivity index (χ0n) is 16.4. The standard InChI is InChI=1S/C17H35N5O3/c1-14(2)15(22-7-10-25-11-8-22)12-19-17(18-6-9-24-5)20-13-16(23)21(3)4/h14-15H,6-13H2,1-5H3,(H2,18,19,20). The predicted octanol–water partition coefficient (Wildman–Crippen LogP) is -0.387. The second kappa shape index (κ2) is 12.1. The summed E-state index contributed by atoms with van der Waals surface area (Å²) >= 11 is 0. The Morgan fingerprint density at radius 3 is 2.52 bits per heavy atom. The third-order valence-corrected chi connectivity index (χ3v) is 4.23. The molecule has 1 heterocycles. The van der Waals surface area contributed by atoms with Crippen LogP contribution in [-0.4, -0.2) is 101 Å². The summed E-state index contributed by atoms with van der Waals surface area (Å²) in [5.74, 6) is 1.13. The van der Waals surface area contributed by atoms with E-state index in [4.69, 9.17) is 9.47 Å². The molecule has 1 saturated heterocycles. The van der Waals surface area contributed by atoms with Crippen molar-refractivity contribution in [1.82, 2.24) is 20.4 Å². The van der Waals surface area contributed by atoms with Crippen LogP contribution in [0.25, 0.3) is 0 Å². The first kappa shape index (κ1) is 21.7. The predicted molar refractivity (Wildman–Crippen MR) is 99.9 cm³/mol. The highest BCUT2D eigenvalue weighted by Gasteiger charge is 2.23. The molecule has 25 heavy (non-hydrogen) atoms. The first-order chi connectivity index (χ1) is 12.0. The minimum Gasteiger partial charge on any atom is -0.383 e. The summed E-state index contributed by atoms with van der Waals surface area (Å²) in [5.41, 5.74) is 0. The molecule has 8 heteroatoms. The van der Waals surface area contributed by atoms with Gasteiger partial charge in [0, 0.05) is 53.4 Å². The summed E-state index contributed by atoms with van der Waals surface area (Å²) in [6, 6.07) is 0.392. The van der Waals surface area contributed by atoms with E-state index in [9.17, 15) is 4.79 Å². The van der Waals surface area contributed by atoms with Crippen LogP contribution in [-0.2, 0) is 14.3 Å². The molecule has 0 bridgehead atoms. The van der Waals surface area contributed by atoms with Crippen LogP contribution in [0.1, 0.15) is 13.8 Å². The van der Waals surface area contributed by atoms with Crippen molar-refractivity contribution in [2.24, 2.45) is 10.9 Å². The molecule has 146 valence electrons. The third kappa shape index (κ3) is 8.51. The van der Waals surface area contributed by atoms with E-state index in [1.165, 1.54) is 0 Å². The highest BCUT2D eigenvalue weighted by Crippen LogP contribution is 2.12. The molecule has 2 N–H and O–H groups in total. The summed E-state index contributed by atoms with van der Waals surface area (Å²) in [6.45, 7) is 10.0. The molecule has 1 amide bonds. The minimum atomic E-state index is -0.0265. The lowest BCUT2D eigenvalue weighted by atomic mass is 10.0. The van der Waals surface area contributed by atoms with Gasteiger partial charge in [0.05, 0.1) is 19.8 Å². The molecule has 0 aromatic rings. The monoisotopic (exact) mass is 357 g/mol. The van der Waals surface area contributed by atoms with Crippen molar-refractivity contribution in [2.45, 2.75) is 19.9 Å². The van der Waals surface area contributed by atoms with Crippen molar-refractivity contribution < 1.29 is 14.3 Å². The first-order valence-electron chi connectivity index (χ1n) is 8.98. The summed E-state index contributed by atoms with van der Waals surface area (Å²) in [6.07, 6.45) is 0. The number of morpholine rings is 1. The van der Waals surface area contributed by atoms with Crippen LogP contribution in [0.2, 0.25) is 0 Å². The van der Waals surface area contributed by atoms with E-state index < -0.39 is 0 Å². The Bertz CT molecular complexity index is 409. The first-order valence-corrected chi connectivity index (χ1v) is 8.98. The number of guanidine groups is 1. The lowest BCUT2D eigenvalue weighted by molar-refractivity contribution is -0.127. The Labute approximate surface area is 151 Å². The van der Waals surface area contributed by atoms with Gasteiger partial charge < -0.3 is 25.0 Å². The van der Waals surface area contributed by atoms with Crippen molar-refractivity contribution >= 4 is 11.9 Å². The van der Waals surface area contributed by atoms with E-state index in [0.717, 1.165) is 32.8 Å². The molecule has 0 aromatic heterocycles. The topological polar surface area (TPSA) is 78.4 Å². The molecule has 1 aliphatic heterocycles. The number of likely N-dealkylation sites (N-methyl/N-ethyl adjacent to an activating group) is 1. The molecule has 0 spiro atoms. The van der Waals surface area contributed by atoms with Crippen LogP contribution in [0.5, 0.6) is 0 Å². The molecule has 0 aromatic carbocycles. The van der Waals surface area contributed by atoms with Crippen LogP contribution in [0.3, 0.4) is 0 Å². The van der Waals surface area contributed by atoms with Crippen molar-refractivity contribution in [3.8, 4) is 0 Å². The molecule has 0 radical (unpaired) electrons. The van der Waals surface area contributed by atoms with E-state index in [-0.39, 0.29) is 12.5 Å². The molecule has 1 atom stereocenters. The van der Waals surface area contributed by atoms with Crippen LogP contribution < -0.4 is 10.6 Å². The second-order valence-corrected chi connectivity index (χ2v) is 6.71. The maximum Gasteiger partial charge on any atom is 0.243 e. The Hall–Kier alpha value is -1.38. The Kier molecular flexibility index (Phi) is 10.4. The van der Waals surface area contributed by atoms with Gasteiger partial charge in [-0.25, -0.2) is 4.99 Å². The highest BCUT2D eigenvalue weighted by atomic mass is 16.5. The van der Waals surface area contributed by atoms with E-state index in [0.29, 0.717) is 31.1 Å². The largest absolute Gasteiger partial charge is 0.383 e. The summed E-state index contributed by atoms with van der Waals surface area (Å²) in [4.78, 5) is 20.2. The zero-order chi connectivity index (χ0) is 18.7. The van der Waals surface area contributed by atoms with Crippen molar-refractivity contribution in [3.63, 3.8) is 0 Å². The van der Waals surface area contributed by atoms with Crippen molar-refractivity contribution in [1.29, 1.82) is 0 Å². The normalized spacial score (nSPS) is 17.4. The van der Waals surface area contributed by atoms with Gasteiger partial charge in [-0.2, -0.15) is 0 Å². The Morgan fingerprint density at radius 1 is 1.28 bits per heavy atom. The molecule has 0 aliphatic carbocycles. The molecule has 1 aliphatic rings. The average Bonchev–Trinajstić information content (AvgIpc) is 2.59. The lowest BCUT2D eigenvalue weighted by Gasteiger charge is -2.37. The molecular formula is C17H35N5O3. The Morgan fingerprint density at radius 2 is 1.96 bits per heavy atom. The fourth-order valence-electron chi connectivity index (χ4n) is 2.63. The number of amides is 1. The maximum absolute atomic E-state index is 11.8. The van der Waals surface area contributed by atoms with Crippen molar-refractivity contribution in [2.75, 3.05) is 73.7 Å². The molecule has 1 unspecified atom stereocenters. The molecule has 0 saturated carbocycles. The quantitative estimate of drug-likeness (QED) is 0.333. The van der Waals surface area contributed by atoms with Gasteiger partial charge in [0.2, 0.25) is 5.91 Å². The number of hydrogen-bond acceptors (Lipinski definition) is 5. The van der Waals surface area contributed by atoms with Crippen LogP contribution in [0.4, 0.5) is 0 Å². The number of carbonyl (C=O) groups excluding carboxylic acids is 1. The van der Waals surface area contributed by atoms with Gasteiger partial charge >= 0.3 is 0 Å². The third-order valence-electron chi connectivity index (χ3n) is 4.23. The van der Waals surface area contributed by atoms with Gasteiger partial charge in [0.25, 0.3) is 0 Å². The summed E-state index contributed by atoms with van der Waals surface area (Å²) < 4.78 is 10.5. The van der Waals surface area contributed by atoms with Gasteiger partial charge in [-0.3, -0.25) is 9.69 Å².